The van der Waals surface area contributed by atoms with Crippen LogP contribution in [0.25, 0.3) is 0 Å². The molecule has 0 amide bonds. The van der Waals surface area contributed by atoms with Crippen LogP contribution in [0, 0.1) is 5.92 Å². The molecule has 96 valence electrons. The number of methoxy groups -OCH3 is 1. The summed E-state index contributed by atoms with van der Waals surface area (Å²) in [7, 11) is 1.73. The van der Waals surface area contributed by atoms with Crippen molar-refractivity contribution >= 4 is 0 Å². The maximum absolute atomic E-state index is 5.35. The number of ether oxygens (including phenoxy) is 1. The second kappa shape index (κ2) is 7.33. The van der Waals surface area contributed by atoms with E-state index in [9.17, 15) is 0 Å². The summed E-state index contributed by atoms with van der Waals surface area (Å²) in [4.78, 5) is 0. The minimum absolute atomic E-state index is 0.551. The third-order valence-electron chi connectivity index (χ3n) is 3.56. The first-order chi connectivity index (χ1) is 8.22. The summed E-state index contributed by atoms with van der Waals surface area (Å²) >= 11 is 0. The largest absolute Gasteiger partial charge is 0.496 e. The van der Waals surface area contributed by atoms with Crippen molar-refractivity contribution < 1.29 is 4.74 Å². The van der Waals surface area contributed by atoms with Crippen LogP contribution in [0.4, 0.5) is 0 Å². The predicted octanol–water partition coefficient (Wildman–Crippen LogP) is 3.61. The van der Waals surface area contributed by atoms with E-state index in [1.165, 1.54) is 18.4 Å². The topological polar surface area (TPSA) is 21.3 Å². The average molecular weight is 235 g/mol. The number of para-hydroxylation sites is 1. The summed E-state index contributed by atoms with van der Waals surface area (Å²) in [5, 5.41) is 3.60. The Hall–Kier alpha value is -1.02. The Morgan fingerprint density at radius 2 is 1.82 bits per heavy atom. The lowest BCUT2D eigenvalue weighted by molar-refractivity contribution is 0.348. The van der Waals surface area contributed by atoms with Gasteiger partial charge in [-0.25, -0.2) is 0 Å². The number of nitrogens with one attached hydrogen (secondary N) is 1. The molecule has 1 aromatic carbocycles. The third kappa shape index (κ3) is 4.04. The molecule has 1 unspecified atom stereocenters. The van der Waals surface area contributed by atoms with Gasteiger partial charge in [0.1, 0.15) is 5.75 Å². The molecule has 17 heavy (non-hydrogen) atoms. The van der Waals surface area contributed by atoms with Crippen molar-refractivity contribution in [2.45, 2.75) is 46.2 Å². The Kier molecular flexibility index (Phi) is 6.06. The molecule has 1 rings (SSSR count). The zero-order valence-corrected chi connectivity index (χ0v) is 11.5. The summed E-state index contributed by atoms with van der Waals surface area (Å²) in [5.74, 6) is 1.72. The van der Waals surface area contributed by atoms with E-state index in [-0.39, 0.29) is 0 Å². The molecule has 1 N–H and O–H groups in total. The minimum Gasteiger partial charge on any atom is -0.496 e. The molecular formula is C15H25NO. The second-order valence-electron chi connectivity index (χ2n) is 4.56. The summed E-state index contributed by atoms with van der Waals surface area (Å²) in [6, 6.07) is 8.74. The van der Waals surface area contributed by atoms with Gasteiger partial charge in [-0.1, -0.05) is 44.9 Å². The van der Waals surface area contributed by atoms with Gasteiger partial charge in [0.2, 0.25) is 0 Å². The summed E-state index contributed by atoms with van der Waals surface area (Å²) < 4.78 is 5.35. The molecule has 0 saturated carbocycles. The Labute approximate surface area is 105 Å². The normalized spacial score (nSPS) is 12.8. The van der Waals surface area contributed by atoms with Gasteiger partial charge in [0, 0.05) is 18.2 Å². The number of hydrogen-bond donors (Lipinski definition) is 1. The number of hydrogen-bond acceptors (Lipinski definition) is 2. The first-order valence-electron chi connectivity index (χ1n) is 6.58. The first kappa shape index (κ1) is 14.0. The molecule has 0 spiro atoms. The molecule has 0 bridgehead atoms. The molecule has 2 heteroatoms. The van der Waals surface area contributed by atoms with Crippen molar-refractivity contribution in [2.75, 3.05) is 7.11 Å². The van der Waals surface area contributed by atoms with E-state index in [1.54, 1.807) is 7.11 Å². The Bertz CT molecular complexity index is 320. The maximum atomic E-state index is 5.35. The highest BCUT2D eigenvalue weighted by Crippen LogP contribution is 2.18. The quantitative estimate of drug-likeness (QED) is 0.779. The highest BCUT2D eigenvalue weighted by atomic mass is 16.5. The van der Waals surface area contributed by atoms with Gasteiger partial charge in [-0.2, -0.15) is 0 Å². The monoisotopic (exact) mass is 235 g/mol. The van der Waals surface area contributed by atoms with Crippen molar-refractivity contribution in [1.29, 1.82) is 0 Å². The standard InChI is InChI=1S/C15H25NO/c1-5-13(6-2)12(3)16-11-14-9-7-8-10-15(14)17-4/h7-10,12-13,16H,5-6,11H2,1-4H3. The van der Waals surface area contributed by atoms with Gasteiger partial charge in [0.05, 0.1) is 7.11 Å². The minimum atomic E-state index is 0.551. The smallest absolute Gasteiger partial charge is 0.123 e. The van der Waals surface area contributed by atoms with Crippen LogP contribution in [-0.4, -0.2) is 13.2 Å². The van der Waals surface area contributed by atoms with Crippen LogP contribution in [0.3, 0.4) is 0 Å². The van der Waals surface area contributed by atoms with Crippen molar-refractivity contribution in [3.63, 3.8) is 0 Å². The fourth-order valence-electron chi connectivity index (χ4n) is 2.28. The maximum Gasteiger partial charge on any atom is 0.123 e. The number of rotatable bonds is 7. The van der Waals surface area contributed by atoms with Crippen molar-refractivity contribution in [3.05, 3.63) is 29.8 Å². The third-order valence-corrected chi connectivity index (χ3v) is 3.56. The zero-order valence-electron chi connectivity index (χ0n) is 11.5. The van der Waals surface area contributed by atoms with E-state index in [2.05, 4.69) is 38.2 Å². The van der Waals surface area contributed by atoms with E-state index in [4.69, 9.17) is 4.74 Å². The van der Waals surface area contributed by atoms with E-state index in [0.717, 1.165) is 18.2 Å². The highest BCUT2D eigenvalue weighted by Gasteiger charge is 2.13. The fraction of sp³-hybridized carbons (Fsp3) is 0.600. The van der Waals surface area contributed by atoms with Crippen LogP contribution in [0.2, 0.25) is 0 Å². The SMILES string of the molecule is CCC(CC)C(C)NCc1ccccc1OC. The second-order valence-corrected chi connectivity index (χ2v) is 4.56. The fourth-order valence-corrected chi connectivity index (χ4v) is 2.28. The molecule has 1 atom stereocenters. The Morgan fingerprint density at radius 1 is 1.18 bits per heavy atom. The van der Waals surface area contributed by atoms with Crippen LogP contribution < -0.4 is 10.1 Å². The molecule has 1 aromatic rings. The van der Waals surface area contributed by atoms with E-state index < -0.39 is 0 Å². The van der Waals surface area contributed by atoms with Gasteiger partial charge >= 0.3 is 0 Å². The van der Waals surface area contributed by atoms with Gasteiger partial charge < -0.3 is 10.1 Å². The van der Waals surface area contributed by atoms with Gasteiger partial charge in [0.25, 0.3) is 0 Å². The lowest BCUT2D eigenvalue weighted by Gasteiger charge is -2.23. The molecule has 0 heterocycles. The molecule has 0 aromatic heterocycles. The van der Waals surface area contributed by atoms with Crippen LogP contribution >= 0.6 is 0 Å². The predicted molar refractivity (Wildman–Crippen MR) is 73.4 cm³/mol. The zero-order chi connectivity index (χ0) is 12.7. The van der Waals surface area contributed by atoms with Gasteiger partial charge in [-0.15, -0.1) is 0 Å². The van der Waals surface area contributed by atoms with E-state index in [1.807, 2.05) is 12.1 Å². The molecule has 2 nitrogen and oxygen atoms in total. The lowest BCUT2D eigenvalue weighted by atomic mass is 9.95. The van der Waals surface area contributed by atoms with Gasteiger partial charge in [-0.05, 0) is 18.9 Å². The van der Waals surface area contributed by atoms with Crippen molar-refractivity contribution in [2.24, 2.45) is 5.92 Å². The first-order valence-corrected chi connectivity index (χ1v) is 6.58. The van der Waals surface area contributed by atoms with E-state index in [0.29, 0.717) is 6.04 Å². The van der Waals surface area contributed by atoms with Crippen LogP contribution in [0.1, 0.15) is 39.2 Å². The summed E-state index contributed by atoms with van der Waals surface area (Å²) in [6.45, 7) is 7.67. The summed E-state index contributed by atoms with van der Waals surface area (Å²) in [6.07, 6.45) is 2.47. The number of benzene rings is 1. The highest BCUT2D eigenvalue weighted by molar-refractivity contribution is 5.33. The Morgan fingerprint density at radius 3 is 2.41 bits per heavy atom. The van der Waals surface area contributed by atoms with Crippen LogP contribution in [0.5, 0.6) is 5.75 Å². The van der Waals surface area contributed by atoms with Gasteiger partial charge in [0.15, 0.2) is 0 Å². The van der Waals surface area contributed by atoms with Crippen molar-refractivity contribution in [1.82, 2.24) is 5.32 Å². The Balaban J connectivity index is 2.54. The van der Waals surface area contributed by atoms with Crippen LogP contribution in [0.15, 0.2) is 24.3 Å². The molecule has 0 aliphatic heterocycles. The molecule has 0 aliphatic rings. The molecule has 0 saturated heterocycles. The lowest BCUT2D eigenvalue weighted by Crippen LogP contribution is -2.32. The van der Waals surface area contributed by atoms with Gasteiger partial charge in [-0.3, -0.25) is 0 Å². The molecule has 0 aliphatic carbocycles. The van der Waals surface area contributed by atoms with Crippen LogP contribution in [-0.2, 0) is 6.54 Å². The average Bonchev–Trinajstić information content (AvgIpc) is 2.38. The van der Waals surface area contributed by atoms with E-state index >= 15 is 0 Å². The van der Waals surface area contributed by atoms with Crippen molar-refractivity contribution in [3.8, 4) is 5.75 Å². The summed E-state index contributed by atoms with van der Waals surface area (Å²) in [5.41, 5.74) is 1.23. The molecule has 0 radical (unpaired) electrons. The molecule has 0 fully saturated rings. The molecular weight excluding hydrogens is 210 g/mol.